The summed E-state index contributed by atoms with van der Waals surface area (Å²) in [5.41, 5.74) is 1.10. The van der Waals surface area contributed by atoms with Gasteiger partial charge in [0.25, 0.3) is 0 Å². The van der Waals surface area contributed by atoms with Crippen molar-refractivity contribution in [2.24, 2.45) is 0 Å². The Morgan fingerprint density at radius 1 is 1.50 bits per heavy atom. The van der Waals surface area contributed by atoms with E-state index in [1.807, 2.05) is 11.4 Å². The number of carbonyl (C=O) groups excluding carboxylic acids is 1. The summed E-state index contributed by atoms with van der Waals surface area (Å²) in [6.07, 6.45) is 3.87. The molecular weight excluding hydrogens is 240 g/mol. The highest BCUT2D eigenvalue weighted by molar-refractivity contribution is 7.93. The van der Waals surface area contributed by atoms with Gasteiger partial charge in [-0.15, -0.1) is 11.3 Å². The summed E-state index contributed by atoms with van der Waals surface area (Å²) in [5.74, 6) is 0. The zero-order valence-corrected chi connectivity index (χ0v) is 11.9. The highest BCUT2D eigenvalue weighted by atomic mass is 32.2. The Kier molecular flexibility index (Phi) is 5.02. The van der Waals surface area contributed by atoms with Gasteiger partial charge in [0, 0.05) is 6.42 Å². The van der Waals surface area contributed by atoms with E-state index in [0.29, 0.717) is 6.61 Å². The number of aldehydes is 1. The minimum absolute atomic E-state index is 0.0423. The normalized spacial score (nSPS) is 13.8. The van der Waals surface area contributed by atoms with Crippen molar-refractivity contribution < 1.29 is 8.98 Å². The second kappa shape index (κ2) is 5.84. The lowest BCUT2D eigenvalue weighted by Crippen LogP contribution is -2.29. The van der Waals surface area contributed by atoms with Crippen molar-refractivity contribution in [2.45, 2.75) is 31.9 Å². The molecule has 4 heteroatoms. The average molecular weight is 259 g/mol. The van der Waals surface area contributed by atoms with Crippen LogP contribution in [0, 0.1) is 0 Å². The maximum absolute atomic E-state index is 10.7. The number of hydrogen-bond acceptors (Lipinski definition) is 3. The highest BCUT2D eigenvalue weighted by Gasteiger charge is 2.31. The molecule has 0 spiro atoms. The summed E-state index contributed by atoms with van der Waals surface area (Å²) >= 11 is 1.45. The van der Waals surface area contributed by atoms with Crippen LogP contribution in [-0.4, -0.2) is 23.9 Å². The molecule has 1 atom stereocenters. The molecule has 0 bridgehead atoms. The summed E-state index contributed by atoms with van der Waals surface area (Å²) < 4.78 is 5.99. The third-order valence-electron chi connectivity index (χ3n) is 2.38. The molecule has 0 saturated carbocycles. The van der Waals surface area contributed by atoms with Crippen molar-refractivity contribution in [3.63, 3.8) is 0 Å². The Labute approximate surface area is 105 Å². The van der Waals surface area contributed by atoms with Crippen molar-refractivity contribution in [3.05, 3.63) is 21.9 Å². The van der Waals surface area contributed by atoms with Crippen molar-refractivity contribution >= 4 is 28.8 Å². The van der Waals surface area contributed by atoms with E-state index in [1.54, 1.807) is 0 Å². The lowest BCUT2D eigenvalue weighted by atomic mass is 10.2. The van der Waals surface area contributed by atoms with Gasteiger partial charge in [0.2, 0.25) is 0 Å². The molecule has 1 aromatic heterocycles. The van der Waals surface area contributed by atoms with Crippen LogP contribution in [0.5, 0.6) is 0 Å². The molecule has 0 aromatic carbocycles. The maximum atomic E-state index is 10.7. The lowest BCUT2D eigenvalue weighted by molar-refractivity contribution is 0.112. The minimum Gasteiger partial charge on any atom is -0.297 e. The van der Waals surface area contributed by atoms with E-state index in [0.717, 1.165) is 23.1 Å². The third-order valence-corrected chi connectivity index (χ3v) is 5.51. The molecular formula is C12H19O2S2+. The van der Waals surface area contributed by atoms with Gasteiger partial charge in [0.05, 0.1) is 4.88 Å². The molecule has 90 valence electrons. The molecule has 0 saturated heterocycles. The van der Waals surface area contributed by atoms with Crippen LogP contribution in [0.15, 0.2) is 11.4 Å². The number of carbonyl (C=O) groups is 1. The molecule has 1 heterocycles. The summed E-state index contributed by atoms with van der Waals surface area (Å²) in [6.45, 7) is 7.22. The van der Waals surface area contributed by atoms with Crippen LogP contribution in [0.3, 0.4) is 0 Å². The smallest absolute Gasteiger partial charge is 0.160 e. The monoisotopic (exact) mass is 259 g/mol. The molecule has 0 fully saturated rings. The quantitative estimate of drug-likeness (QED) is 0.600. The third kappa shape index (κ3) is 3.92. The van der Waals surface area contributed by atoms with Crippen LogP contribution in [0.4, 0.5) is 0 Å². The van der Waals surface area contributed by atoms with Crippen molar-refractivity contribution in [1.82, 2.24) is 0 Å². The summed E-state index contributed by atoms with van der Waals surface area (Å²) in [4.78, 5) is 11.5. The summed E-state index contributed by atoms with van der Waals surface area (Å²) in [7, 11) is 0. The molecule has 1 unspecified atom stereocenters. The Balaban J connectivity index is 2.39. The Bertz CT molecular complexity index is 339. The fourth-order valence-corrected chi connectivity index (χ4v) is 2.55. The summed E-state index contributed by atoms with van der Waals surface area (Å²) in [6, 6.07) is 2.00. The van der Waals surface area contributed by atoms with Gasteiger partial charge in [-0.25, -0.2) is 0 Å². The van der Waals surface area contributed by atoms with Gasteiger partial charge in [-0.1, -0.05) is 0 Å². The molecule has 0 aliphatic carbocycles. The second-order valence-corrected chi connectivity index (χ2v) is 7.88. The van der Waals surface area contributed by atoms with E-state index in [2.05, 4.69) is 27.0 Å². The van der Waals surface area contributed by atoms with Crippen LogP contribution in [0.25, 0.3) is 0 Å². The Morgan fingerprint density at radius 3 is 2.75 bits per heavy atom. The molecule has 2 nitrogen and oxygen atoms in total. The van der Waals surface area contributed by atoms with Crippen molar-refractivity contribution in [3.8, 4) is 0 Å². The number of thiophene rings is 1. The topological polar surface area (TPSA) is 26.3 Å². The summed E-state index contributed by atoms with van der Waals surface area (Å²) in [5, 5.41) is 1.95. The number of hydrogen-bond donors (Lipinski definition) is 0. The first-order valence-corrected chi connectivity index (χ1v) is 7.70. The molecule has 0 aliphatic rings. The second-order valence-electron chi connectivity index (χ2n) is 4.57. The fraction of sp³-hybridized carbons (Fsp3) is 0.583. The largest absolute Gasteiger partial charge is 0.297 e. The van der Waals surface area contributed by atoms with E-state index in [-0.39, 0.29) is 15.9 Å². The van der Waals surface area contributed by atoms with Crippen LogP contribution in [0.2, 0.25) is 0 Å². The predicted molar refractivity (Wildman–Crippen MR) is 72.4 cm³/mol. The molecule has 0 aliphatic heterocycles. The van der Waals surface area contributed by atoms with Crippen LogP contribution >= 0.6 is 11.3 Å². The van der Waals surface area contributed by atoms with Gasteiger partial charge in [-0.2, -0.15) is 4.18 Å². The van der Waals surface area contributed by atoms with E-state index < -0.39 is 0 Å². The van der Waals surface area contributed by atoms with Crippen LogP contribution in [0.1, 0.15) is 36.0 Å². The molecule has 0 N–H and O–H groups in total. The van der Waals surface area contributed by atoms with Gasteiger partial charge in [0.15, 0.2) is 11.0 Å². The number of rotatable bonds is 5. The van der Waals surface area contributed by atoms with Gasteiger partial charge >= 0.3 is 0 Å². The van der Waals surface area contributed by atoms with Gasteiger partial charge in [0.1, 0.15) is 24.0 Å². The molecule has 1 aromatic rings. The Hall–Kier alpha value is -0.320. The predicted octanol–water partition coefficient (Wildman–Crippen LogP) is 3.08. The first-order chi connectivity index (χ1) is 7.45. The minimum atomic E-state index is -0.0423. The SMILES string of the molecule is C[S+](OCCc1ccsc1C=O)C(C)(C)C. The average Bonchev–Trinajstić information content (AvgIpc) is 2.63. The van der Waals surface area contributed by atoms with E-state index >= 15 is 0 Å². The maximum Gasteiger partial charge on any atom is 0.160 e. The zero-order chi connectivity index (χ0) is 12.2. The first-order valence-electron chi connectivity index (χ1n) is 5.26. The van der Waals surface area contributed by atoms with E-state index in [1.165, 1.54) is 11.3 Å². The van der Waals surface area contributed by atoms with E-state index in [9.17, 15) is 4.79 Å². The Morgan fingerprint density at radius 2 is 2.19 bits per heavy atom. The van der Waals surface area contributed by atoms with Gasteiger partial charge in [-0.3, -0.25) is 4.79 Å². The van der Waals surface area contributed by atoms with Crippen molar-refractivity contribution in [2.75, 3.05) is 12.9 Å². The van der Waals surface area contributed by atoms with E-state index in [4.69, 9.17) is 4.18 Å². The van der Waals surface area contributed by atoms with Gasteiger partial charge in [-0.05, 0) is 37.8 Å². The standard InChI is InChI=1S/C12H19O2S2/c1-12(2,3)16(4)14-7-5-10-6-8-15-11(10)9-13/h6,8-9H,5,7H2,1-4H3/q+1. The molecule has 16 heavy (non-hydrogen) atoms. The fourth-order valence-electron chi connectivity index (χ4n) is 1.11. The molecule has 0 amide bonds. The van der Waals surface area contributed by atoms with Crippen LogP contribution < -0.4 is 0 Å². The zero-order valence-electron chi connectivity index (χ0n) is 10.3. The lowest BCUT2D eigenvalue weighted by Gasteiger charge is -2.15. The first kappa shape index (κ1) is 13.7. The molecule has 1 rings (SSSR count). The highest BCUT2D eigenvalue weighted by Crippen LogP contribution is 2.19. The van der Waals surface area contributed by atoms with Crippen molar-refractivity contribution in [1.29, 1.82) is 0 Å². The van der Waals surface area contributed by atoms with Crippen LogP contribution in [-0.2, 0) is 21.8 Å². The van der Waals surface area contributed by atoms with Gasteiger partial charge < -0.3 is 0 Å². The molecule has 0 radical (unpaired) electrons.